The molecule has 0 bridgehead atoms. The zero-order chi connectivity index (χ0) is 14.8. The SMILES string of the molecule is Cc1ccc(N)c(C(=O)Cc2ccc3ccccc3n2)c1. The van der Waals surface area contributed by atoms with Crippen molar-refractivity contribution in [1.82, 2.24) is 4.98 Å². The zero-order valence-corrected chi connectivity index (χ0v) is 11.8. The number of ketones is 1. The van der Waals surface area contributed by atoms with E-state index < -0.39 is 0 Å². The number of benzene rings is 2. The summed E-state index contributed by atoms with van der Waals surface area (Å²) in [4.78, 5) is 16.9. The molecule has 0 amide bonds. The number of carbonyl (C=O) groups excluding carboxylic acids is 1. The quantitative estimate of drug-likeness (QED) is 0.588. The lowest BCUT2D eigenvalue weighted by Gasteiger charge is -2.06. The Morgan fingerprint density at radius 1 is 1.10 bits per heavy atom. The van der Waals surface area contributed by atoms with Gasteiger partial charge in [-0.2, -0.15) is 0 Å². The summed E-state index contributed by atoms with van der Waals surface area (Å²) in [7, 11) is 0. The minimum Gasteiger partial charge on any atom is -0.398 e. The number of hydrogen-bond donors (Lipinski definition) is 1. The van der Waals surface area contributed by atoms with Crippen LogP contribution in [0.25, 0.3) is 10.9 Å². The number of nitrogen functional groups attached to an aromatic ring is 1. The first-order valence-electron chi connectivity index (χ1n) is 6.87. The summed E-state index contributed by atoms with van der Waals surface area (Å²) in [6, 6.07) is 17.3. The zero-order valence-electron chi connectivity index (χ0n) is 11.8. The van der Waals surface area contributed by atoms with Crippen molar-refractivity contribution in [2.75, 3.05) is 5.73 Å². The van der Waals surface area contributed by atoms with E-state index in [1.807, 2.05) is 55.5 Å². The number of para-hydroxylation sites is 1. The van der Waals surface area contributed by atoms with E-state index in [9.17, 15) is 4.79 Å². The first-order chi connectivity index (χ1) is 10.1. The third kappa shape index (κ3) is 2.77. The molecule has 0 spiro atoms. The third-order valence-electron chi connectivity index (χ3n) is 3.51. The molecule has 0 radical (unpaired) electrons. The molecule has 0 aliphatic carbocycles. The maximum absolute atomic E-state index is 12.4. The number of rotatable bonds is 3. The van der Waals surface area contributed by atoms with Crippen molar-refractivity contribution >= 4 is 22.4 Å². The number of aryl methyl sites for hydroxylation is 1. The van der Waals surface area contributed by atoms with Crippen molar-refractivity contribution < 1.29 is 4.79 Å². The molecule has 0 fully saturated rings. The molecule has 3 heteroatoms. The van der Waals surface area contributed by atoms with Crippen LogP contribution in [0.2, 0.25) is 0 Å². The molecule has 3 nitrogen and oxygen atoms in total. The first-order valence-corrected chi connectivity index (χ1v) is 6.87. The average Bonchev–Trinajstić information content (AvgIpc) is 2.49. The van der Waals surface area contributed by atoms with Crippen molar-refractivity contribution in [3.8, 4) is 0 Å². The standard InChI is InChI=1S/C18H16N2O/c1-12-6-9-16(19)15(10-12)18(21)11-14-8-7-13-4-2-3-5-17(13)20-14/h2-10H,11,19H2,1H3. The van der Waals surface area contributed by atoms with Gasteiger partial charge in [-0.05, 0) is 31.2 Å². The maximum Gasteiger partial charge on any atom is 0.170 e. The van der Waals surface area contributed by atoms with Crippen LogP contribution < -0.4 is 5.73 Å². The fourth-order valence-electron chi connectivity index (χ4n) is 2.38. The molecule has 1 heterocycles. The summed E-state index contributed by atoms with van der Waals surface area (Å²) in [5.74, 6) is -0.000943. The lowest BCUT2D eigenvalue weighted by Crippen LogP contribution is -2.08. The Bertz CT molecular complexity index is 824. The van der Waals surface area contributed by atoms with Gasteiger partial charge in [-0.15, -0.1) is 0 Å². The summed E-state index contributed by atoms with van der Waals surface area (Å²) < 4.78 is 0. The predicted molar refractivity (Wildman–Crippen MR) is 85.4 cm³/mol. The number of pyridine rings is 1. The van der Waals surface area contributed by atoms with Crippen LogP contribution in [0.1, 0.15) is 21.6 Å². The van der Waals surface area contributed by atoms with Crippen LogP contribution in [0.4, 0.5) is 5.69 Å². The minimum atomic E-state index is -0.000943. The second-order valence-corrected chi connectivity index (χ2v) is 5.19. The molecule has 0 saturated carbocycles. The van der Waals surface area contributed by atoms with Gasteiger partial charge < -0.3 is 5.73 Å². The van der Waals surface area contributed by atoms with Crippen LogP contribution in [0, 0.1) is 6.92 Å². The van der Waals surface area contributed by atoms with E-state index >= 15 is 0 Å². The average molecular weight is 276 g/mol. The van der Waals surface area contributed by atoms with Crippen LogP contribution in [0.5, 0.6) is 0 Å². The van der Waals surface area contributed by atoms with Crippen LogP contribution in [0.3, 0.4) is 0 Å². The molecule has 0 unspecified atom stereocenters. The van der Waals surface area contributed by atoms with Crippen molar-refractivity contribution in [1.29, 1.82) is 0 Å². The molecule has 0 aliphatic rings. The van der Waals surface area contributed by atoms with E-state index in [-0.39, 0.29) is 12.2 Å². The number of anilines is 1. The highest BCUT2D eigenvalue weighted by Gasteiger charge is 2.12. The Labute approximate surface area is 123 Å². The van der Waals surface area contributed by atoms with E-state index in [4.69, 9.17) is 5.73 Å². The number of nitrogens with two attached hydrogens (primary N) is 1. The third-order valence-corrected chi connectivity index (χ3v) is 3.51. The summed E-state index contributed by atoms with van der Waals surface area (Å²) in [6.45, 7) is 1.95. The molecule has 104 valence electrons. The van der Waals surface area contributed by atoms with E-state index in [1.165, 1.54) is 0 Å². The molecule has 3 aromatic rings. The smallest absolute Gasteiger partial charge is 0.170 e. The molecule has 3 rings (SSSR count). The lowest BCUT2D eigenvalue weighted by atomic mass is 10.0. The van der Waals surface area contributed by atoms with Gasteiger partial charge in [0.05, 0.1) is 11.9 Å². The topological polar surface area (TPSA) is 56.0 Å². The first kappa shape index (κ1) is 13.3. The fourth-order valence-corrected chi connectivity index (χ4v) is 2.38. The number of nitrogens with zero attached hydrogens (tertiary/aromatic N) is 1. The van der Waals surface area contributed by atoms with Gasteiger partial charge in [0.15, 0.2) is 5.78 Å². The molecule has 0 saturated heterocycles. The maximum atomic E-state index is 12.4. The normalized spacial score (nSPS) is 10.7. The summed E-state index contributed by atoms with van der Waals surface area (Å²) in [5.41, 5.74) is 9.68. The Morgan fingerprint density at radius 3 is 2.76 bits per heavy atom. The van der Waals surface area contributed by atoms with Crippen molar-refractivity contribution in [2.24, 2.45) is 0 Å². The predicted octanol–water partition coefficient (Wildman–Crippen LogP) is 3.55. The Hall–Kier alpha value is -2.68. The number of carbonyl (C=O) groups is 1. The second-order valence-electron chi connectivity index (χ2n) is 5.19. The van der Waals surface area contributed by atoms with E-state index in [0.717, 1.165) is 22.2 Å². The van der Waals surface area contributed by atoms with Gasteiger partial charge >= 0.3 is 0 Å². The summed E-state index contributed by atoms with van der Waals surface area (Å²) in [6.07, 6.45) is 0.262. The fraction of sp³-hybridized carbons (Fsp3) is 0.111. The summed E-state index contributed by atoms with van der Waals surface area (Å²) >= 11 is 0. The van der Waals surface area contributed by atoms with Gasteiger partial charge in [-0.25, -0.2) is 0 Å². The van der Waals surface area contributed by atoms with Gasteiger partial charge in [0.2, 0.25) is 0 Å². The van der Waals surface area contributed by atoms with Gasteiger partial charge in [-0.1, -0.05) is 35.9 Å². The monoisotopic (exact) mass is 276 g/mol. The number of hydrogen-bond acceptors (Lipinski definition) is 3. The largest absolute Gasteiger partial charge is 0.398 e. The Balaban J connectivity index is 1.90. The van der Waals surface area contributed by atoms with Gasteiger partial charge in [0, 0.05) is 22.3 Å². The van der Waals surface area contributed by atoms with Crippen molar-refractivity contribution in [3.63, 3.8) is 0 Å². The number of aromatic nitrogens is 1. The van der Waals surface area contributed by atoms with Gasteiger partial charge in [0.1, 0.15) is 0 Å². The number of fused-ring (bicyclic) bond motifs is 1. The molecule has 0 atom stereocenters. The van der Waals surface area contributed by atoms with Crippen LogP contribution in [-0.4, -0.2) is 10.8 Å². The van der Waals surface area contributed by atoms with Crippen LogP contribution >= 0.6 is 0 Å². The highest BCUT2D eigenvalue weighted by atomic mass is 16.1. The van der Waals surface area contributed by atoms with Crippen molar-refractivity contribution in [2.45, 2.75) is 13.3 Å². The highest BCUT2D eigenvalue weighted by Crippen LogP contribution is 2.17. The van der Waals surface area contributed by atoms with Gasteiger partial charge in [0.25, 0.3) is 0 Å². The molecule has 21 heavy (non-hydrogen) atoms. The molecule has 0 aliphatic heterocycles. The Morgan fingerprint density at radius 2 is 1.90 bits per heavy atom. The van der Waals surface area contributed by atoms with E-state index in [0.29, 0.717) is 11.3 Å². The second kappa shape index (κ2) is 5.37. The van der Waals surface area contributed by atoms with E-state index in [2.05, 4.69) is 4.98 Å². The Kier molecular flexibility index (Phi) is 3.40. The van der Waals surface area contributed by atoms with Crippen molar-refractivity contribution in [3.05, 3.63) is 71.4 Å². The molecule has 2 N–H and O–H groups in total. The molecule has 1 aromatic heterocycles. The summed E-state index contributed by atoms with van der Waals surface area (Å²) in [5, 5.41) is 1.07. The minimum absolute atomic E-state index is 0.000943. The molecular weight excluding hydrogens is 260 g/mol. The highest BCUT2D eigenvalue weighted by molar-refractivity contribution is 6.02. The van der Waals surface area contributed by atoms with Crippen LogP contribution in [0.15, 0.2) is 54.6 Å². The lowest BCUT2D eigenvalue weighted by molar-refractivity contribution is 0.0993. The number of Topliss-reactive ketones (excluding diaryl/α,β-unsaturated/α-hetero) is 1. The van der Waals surface area contributed by atoms with Crippen LogP contribution in [-0.2, 0) is 6.42 Å². The van der Waals surface area contributed by atoms with E-state index in [1.54, 1.807) is 6.07 Å². The van der Waals surface area contributed by atoms with Gasteiger partial charge in [-0.3, -0.25) is 9.78 Å². The molecular formula is C18H16N2O. The molecule has 2 aromatic carbocycles.